The summed E-state index contributed by atoms with van der Waals surface area (Å²) < 4.78 is 5.29. The molecule has 3 aliphatic carbocycles. The number of ether oxygens (including phenoxy) is 1. The van der Waals surface area contributed by atoms with Gasteiger partial charge in [-0.15, -0.1) is 0 Å². The molecule has 2 N–H and O–H groups in total. The molecule has 7 atom stereocenters. The van der Waals surface area contributed by atoms with E-state index < -0.39 is 5.54 Å². The van der Waals surface area contributed by atoms with Crippen LogP contribution in [0.2, 0.25) is 0 Å². The van der Waals surface area contributed by atoms with Gasteiger partial charge in [0.2, 0.25) is 11.8 Å². The van der Waals surface area contributed by atoms with E-state index in [4.69, 9.17) is 4.74 Å². The number of carbonyl (C=O) groups is 2. The van der Waals surface area contributed by atoms with Gasteiger partial charge in [0.25, 0.3) is 0 Å². The molecular weight excluding hydrogens is 424 g/mol. The lowest BCUT2D eigenvalue weighted by molar-refractivity contribution is -0.135. The molecule has 2 amide bonds. The van der Waals surface area contributed by atoms with Crippen LogP contribution in [0.3, 0.4) is 0 Å². The van der Waals surface area contributed by atoms with Crippen LogP contribution in [0.5, 0.6) is 5.75 Å². The summed E-state index contributed by atoms with van der Waals surface area (Å²) in [5, 5.41) is 6.64. The summed E-state index contributed by atoms with van der Waals surface area (Å²) >= 11 is 0. The lowest BCUT2D eigenvalue weighted by Gasteiger charge is -2.58. The van der Waals surface area contributed by atoms with Crippen molar-refractivity contribution in [2.45, 2.75) is 77.8 Å². The van der Waals surface area contributed by atoms with E-state index in [0.717, 1.165) is 49.8 Å². The van der Waals surface area contributed by atoms with Gasteiger partial charge in [0, 0.05) is 17.4 Å². The second-order valence-corrected chi connectivity index (χ2v) is 12.2. The third kappa shape index (κ3) is 3.58. The van der Waals surface area contributed by atoms with E-state index in [1.165, 1.54) is 0 Å². The zero-order chi connectivity index (χ0) is 24.3. The van der Waals surface area contributed by atoms with E-state index in [2.05, 4.69) is 44.4 Å². The van der Waals surface area contributed by atoms with Crippen LogP contribution in [-0.2, 0) is 15.1 Å². The van der Waals surface area contributed by atoms with Crippen molar-refractivity contribution in [1.82, 2.24) is 10.6 Å². The molecule has 3 fully saturated rings. The average molecular weight is 465 g/mol. The predicted molar refractivity (Wildman–Crippen MR) is 133 cm³/mol. The fourth-order valence-corrected chi connectivity index (χ4v) is 8.24. The van der Waals surface area contributed by atoms with Crippen LogP contribution in [0.1, 0.15) is 71.8 Å². The Labute approximate surface area is 204 Å². The molecule has 1 aromatic rings. The molecule has 0 unspecified atom stereocenters. The average Bonchev–Trinajstić information content (AvgIpc) is 3.16. The van der Waals surface area contributed by atoms with Crippen LogP contribution in [0.4, 0.5) is 0 Å². The number of amides is 2. The van der Waals surface area contributed by atoms with E-state index in [0.29, 0.717) is 17.8 Å². The number of benzene rings is 1. The molecule has 1 aromatic carbocycles. The Hall–Kier alpha value is -2.30. The van der Waals surface area contributed by atoms with E-state index in [-0.39, 0.29) is 34.6 Å². The van der Waals surface area contributed by atoms with E-state index >= 15 is 0 Å². The molecule has 0 radical (unpaired) electrons. The van der Waals surface area contributed by atoms with Crippen molar-refractivity contribution in [3.8, 4) is 5.75 Å². The van der Waals surface area contributed by atoms with Crippen LogP contribution in [-0.4, -0.2) is 25.0 Å². The number of hydrogen-bond donors (Lipinski definition) is 2. The molecule has 5 heteroatoms. The lowest BCUT2D eigenvalue weighted by atomic mass is 9.48. The number of nitrogens with one attached hydrogen (secondary N) is 2. The normalized spacial score (nSPS) is 38.9. The van der Waals surface area contributed by atoms with Crippen LogP contribution < -0.4 is 15.4 Å². The number of rotatable bonds is 4. The van der Waals surface area contributed by atoms with Crippen LogP contribution in [0.25, 0.3) is 0 Å². The molecule has 5 nitrogen and oxygen atoms in total. The van der Waals surface area contributed by atoms with Crippen molar-refractivity contribution in [2.75, 3.05) is 7.11 Å². The topological polar surface area (TPSA) is 67.4 Å². The Morgan fingerprint density at radius 2 is 1.79 bits per heavy atom. The standard InChI is InChI=1S/C29H40N2O3/c1-27(2,18-6-8-19(34-5)9-7-18)31-26(33)23-12-11-21-20-10-13-24-29(4,17-15-25(32)30-24)22(20)14-16-28(21,23)3/h6-9,15,17,20-24H,10-14,16H2,1-5H3,(H,30,32)(H,31,33)/t20-,21-,22-,23+,24+,28-,29+/m0/s1. The van der Waals surface area contributed by atoms with Gasteiger partial charge in [0.05, 0.1) is 12.6 Å². The molecule has 0 bridgehead atoms. The predicted octanol–water partition coefficient (Wildman–Crippen LogP) is 4.96. The second kappa shape index (κ2) is 8.13. The lowest BCUT2D eigenvalue weighted by Crippen LogP contribution is -2.59. The van der Waals surface area contributed by atoms with Crippen LogP contribution in [0.15, 0.2) is 36.4 Å². The molecule has 1 aliphatic heterocycles. The number of fused-ring (bicyclic) bond motifs is 5. The van der Waals surface area contributed by atoms with Gasteiger partial charge in [-0.2, -0.15) is 0 Å². The van der Waals surface area contributed by atoms with E-state index in [1.807, 2.05) is 24.3 Å². The number of hydrogen-bond acceptors (Lipinski definition) is 3. The fourth-order valence-electron chi connectivity index (χ4n) is 8.24. The summed E-state index contributed by atoms with van der Waals surface area (Å²) in [6.07, 6.45) is 10.5. The number of methoxy groups -OCH3 is 1. The molecule has 34 heavy (non-hydrogen) atoms. The molecule has 4 aliphatic rings. The molecule has 3 saturated carbocycles. The smallest absolute Gasteiger partial charge is 0.243 e. The van der Waals surface area contributed by atoms with E-state index in [1.54, 1.807) is 13.2 Å². The molecule has 5 rings (SSSR count). The summed E-state index contributed by atoms with van der Waals surface area (Å²) in [6, 6.07) is 8.24. The zero-order valence-electron chi connectivity index (χ0n) is 21.3. The first-order valence-electron chi connectivity index (χ1n) is 13.0. The first kappa shape index (κ1) is 23.4. The third-order valence-electron chi connectivity index (χ3n) is 10.2. The summed E-state index contributed by atoms with van der Waals surface area (Å²) in [5.41, 5.74) is 0.731. The first-order valence-corrected chi connectivity index (χ1v) is 13.0. The van der Waals surface area contributed by atoms with Crippen LogP contribution >= 0.6 is 0 Å². The summed E-state index contributed by atoms with van der Waals surface area (Å²) in [7, 11) is 1.67. The molecule has 1 heterocycles. The monoisotopic (exact) mass is 464 g/mol. The zero-order valence-corrected chi connectivity index (χ0v) is 21.3. The van der Waals surface area contributed by atoms with Crippen LogP contribution in [0, 0.1) is 34.5 Å². The maximum absolute atomic E-state index is 13.7. The van der Waals surface area contributed by atoms with Gasteiger partial charge < -0.3 is 15.4 Å². The number of carbonyl (C=O) groups excluding carboxylic acids is 2. The highest BCUT2D eigenvalue weighted by Gasteiger charge is 2.61. The molecule has 0 spiro atoms. The molecular formula is C29H40N2O3. The highest BCUT2D eigenvalue weighted by Crippen LogP contribution is 2.65. The first-order chi connectivity index (χ1) is 16.1. The van der Waals surface area contributed by atoms with Gasteiger partial charge in [-0.1, -0.05) is 32.1 Å². The SMILES string of the molecule is COc1ccc(C(C)(C)NC(=O)[C@H]2CC[C@H]3[C@@H]4CC[C@H]5NC(=O)C=C[C@]5(C)[C@H]4CC[C@]23C)cc1. The summed E-state index contributed by atoms with van der Waals surface area (Å²) in [6.45, 7) is 8.91. The van der Waals surface area contributed by atoms with Crippen molar-refractivity contribution in [3.63, 3.8) is 0 Å². The minimum absolute atomic E-state index is 0.0366. The Morgan fingerprint density at radius 1 is 1.06 bits per heavy atom. The third-order valence-corrected chi connectivity index (χ3v) is 10.2. The minimum Gasteiger partial charge on any atom is -0.497 e. The minimum atomic E-state index is -0.439. The van der Waals surface area contributed by atoms with Crippen molar-refractivity contribution < 1.29 is 14.3 Å². The highest BCUT2D eigenvalue weighted by molar-refractivity contribution is 5.89. The van der Waals surface area contributed by atoms with Crippen molar-refractivity contribution in [2.24, 2.45) is 34.5 Å². The highest BCUT2D eigenvalue weighted by atomic mass is 16.5. The Balaban J connectivity index is 1.33. The largest absolute Gasteiger partial charge is 0.497 e. The Kier molecular flexibility index (Phi) is 5.61. The Morgan fingerprint density at radius 3 is 2.50 bits per heavy atom. The van der Waals surface area contributed by atoms with E-state index in [9.17, 15) is 9.59 Å². The molecule has 184 valence electrons. The van der Waals surface area contributed by atoms with Crippen molar-refractivity contribution >= 4 is 11.8 Å². The van der Waals surface area contributed by atoms with Crippen molar-refractivity contribution in [1.29, 1.82) is 0 Å². The Bertz CT molecular complexity index is 999. The fraction of sp³-hybridized carbons (Fsp3) is 0.655. The van der Waals surface area contributed by atoms with Gasteiger partial charge in [-0.3, -0.25) is 9.59 Å². The quantitative estimate of drug-likeness (QED) is 0.662. The summed E-state index contributed by atoms with van der Waals surface area (Å²) in [4.78, 5) is 25.7. The summed E-state index contributed by atoms with van der Waals surface area (Å²) in [5.74, 6) is 2.93. The maximum atomic E-state index is 13.7. The van der Waals surface area contributed by atoms with Gasteiger partial charge in [0.1, 0.15) is 5.75 Å². The molecule has 0 aromatic heterocycles. The van der Waals surface area contributed by atoms with Gasteiger partial charge >= 0.3 is 0 Å². The van der Waals surface area contributed by atoms with Crippen molar-refractivity contribution in [3.05, 3.63) is 42.0 Å². The van der Waals surface area contributed by atoms with Gasteiger partial charge in [0.15, 0.2) is 0 Å². The van der Waals surface area contributed by atoms with Gasteiger partial charge in [-0.05, 0) is 99.3 Å². The molecule has 0 saturated heterocycles. The van der Waals surface area contributed by atoms with Gasteiger partial charge in [-0.25, -0.2) is 0 Å². The second-order valence-electron chi connectivity index (χ2n) is 12.2. The maximum Gasteiger partial charge on any atom is 0.243 e.